The van der Waals surface area contributed by atoms with Crippen molar-refractivity contribution < 1.29 is 9.21 Å². The minimum absolute atomic E-state index is 0.124. The second-order valence-corrected chi connectivity index (χ2v) is 6.45. The highest BCUT2D eigenvalue weighted by Crippen LogP contribution is 2.34. The number of hydrogen-bond donors (Lipinski definition) is 0. The van der Waals surface area contributed by atoms with Crippen LogP contribution >= 0.6 is 35.6 Å². The first-order valence-electron chi connectivity index (χ1n) is 6.17. The summed E-state index contributed by atoms with van der Waals surface area (Å²) in [6, 6.07) is 11.0. The Balaban J connectivity index is 1.85. The summed E-state index contributed by atoms with van der Waals surface area (Å²) >= 11 is 12.7. The van der Waals surface area contributed by atoms with Gasteiger partial charge in [-0.2, -0.15) is 0 Å². The first-order chi connectivity index (χ1) is 10.1. The van der Waals surface area contributed by atoms with E-state index >= 15 is 0 Å². The van der Waals surface area contributed by atoms with Crippen LogP contribution in [-0.4, -0.2) is 15.1 Å². The first kappa shape index (κ1) is 14.4. The molecule has 1 aliphatic heterocycles. The number of carbonyl (C=O) groups is 1. The molecule has 106 valence electrons. The van der Waals surface area contributed by atoms with Gasteiger partial charge in [0.05, 0.1) is 17.7 Å². The number of thiocarbonyl (C=S) groups is 1. The molecule has 21 heavy (non-hydrogen) atoms. The number of amides is 1. The molecule has 6 heteroatoms. The topological polar surface area (TPSA) is 33.5 Å². The molecule has 1 fully saturated rings. The predicted octanol–water partition coefficient (Wildman–Crippen LogP) is 4.33. The van der Waals surface area contributed by atoms with E-state index in [0.717, 1.165) is 5.56 Å². The number of furan rings is 1. The Kier molecular flexibility index (Phi) is 4.14. The molecular formula is C15H10ClNO2S2. The van der Waals surface area contributed by atoms with Crippen LogP contribution in [0.15, 0.2) is 52.0 Å². The predicted molar refractivity (Wildman–Crippen MR) is 88.9 cm³/mol. The van der Waals surface area contributed by atoms with Crippen molar-refractivity contribution in [1.82, 2.24) is 4.90 Å². The van der Waals surface area contributed by atoms with Gasteiger partial charge >= 0.3 is 0 Å². The third kappa shape index (κ3) is 3.05. The largest absolute Gasteiger partial charge is 0.467 e. The van der Waals surface area contributed by atoms with Gasteiger partial charge < -0.3 is 4.42 Å². The lowest BCUT2D eigenvalue weighted by atomic mass is 10.2. The Morgan fingerprint density at radius 1 is 1.29 bits per heavy atom. The number of rotatable bonds is 3. The normalized spacial score (nSPS) is 17.0. The first-order valence-corrected chi connectivity index (χ1v) is 7.78. The third-order valence-corrected chi connectivity index (χ3v) is 4.68. The SMILES string of the molecule is O=C1C(=Cc2ccccc2Cl)SC(=S)N1Cc1ccco1. The number of nitrogens with zero attached hydrogens (tertiary/aromatic N) is 1. The average molecular weight is 336 g/mol. The monoisotopic (exact) mass is 335 g/mol. The molecule has 0 radical (unpaired) electrons. The second kappa shape index (κ2) is 6.05. The van der Waals surface area contributed by atoms with Gasteiger partial charge in [-0.05, 0) is 29.8 Å². The molecule has 2 heterocycles. The third-order valence-electron chi connectivity index (χ3n) is 2.96. The fraction of sp³-hybridized carbons (Fsp3) is 0.0667. The molecule has 0 unspecified atom stereocenters. The quantitative estimate of drug-likeness (QED) is 0.617. The minimum Gasteiger partial charge on any atom is -0.467 e. The lowest BCUT2D eigenvalue weighted by molar-refractivity contribution is -0.122. The van der Waals surface area contributed by atoms with Crippen LogP contribution in [-0.2, 0) is 11.3 Å². The molecule has 0 saturated carbocycles. The Bertz CT molecular complexity index is 725. The van der Waals surface area contributed by atoms with Crippen LogP contribution < -0.4 is 0 Å². The van der Waals surface area contributed by atoms with Crippen LogP contribution in [0.2, 0.25) is 5.02 Å². The maximum Gasteiger partial charge on any atom is 0.266 e. The Morgan fingerprint density at radius 2 is 2.10 bits per heavy atom. The number of thioether (sulfide) groups is 1. The molecule has 0 atom stereocenters. The number of benzene rings is 1. The van der Waals surface area contributed by atoms with E-state index in [-0.39, 0.29) is 5.91 Å². The summed E-state index contributed by atoms with van der Waals surface area (Å²) in [6.07, 6.45) is 3.34. The average Bonchev–Trinajstić information content (AvgIpc) is 3.06. The van der Waals surface area contributed by atoms with Crippen molar-refractivity contribution in [2.24, 2.45) is 0 Å². The van der Waals surface area contributed by atoms with E-state index in [1.54, 1.807) is 24.5 Å². The van der Waals surface area contributed by atoms with E-state index in [9.17, 15) is 4.79 Å². The van der Waals surface area contributed by atoms with Crippen molar-refractivity contribution in [2.45, 2.75) is 6.54 Å². The van der Waals surface area contributed by atoms with Crippen LogP contribution in [0.3, 0.4) is 0 Å². The molecule has 1 aliphatic rings. The summed E-state index contributed by atoms with van der Waals surface area (Å²) in [5.41, 5.74) is 0.803. The van der Waals surface area contributed by atoms with Crippen molar-refractivity contribution in [3.8, 4) is 0 Å². The molecule has 3 rings (SSSR count). The fourth-order valence-electron chi connectivity index (χ4n) is 1.93. The summed E-state index contributed by atoms with van der Waals surface area (Å²) in [5, 5.41) is 0.605. The summed E-state index contributed by atoms with van der Waals surface area (Å²) < 4.78 is 5.78. The molecule has 0 N–H and O–H groups in total. The molecule has 1 aromatic carbocycles. The van der Waals surface area contributed by atoms with Crippen molar-refractivity contribution >= 4 is 51.9 Å². The van der Waals surface area contributed by atoms with Gasteiger partial charge in [0.15, 0.2) is 0 Å². The van der Waals surface area contributed by atoms with Gasteiger partial charge in [0, 0.05) is 5.02 Å². The van der Waals surface area contributed by atoms with Crippen molar-refractivity contribution in [3.05, 3.63) is 63.9 Å². The standard InChI is InChI=1S/C15H10ClNO2S2/c16-12-6-2-1-4-10(12)8-13-14(18)17(15(20)21-13)9-11-5-3-7-19-11/h1-8H,9H2. The second-order valence-electron chi connectivity index (χ2n) is 4.37. The summed E-state index contributed by atoms with van der Waals surface area (Å²) in [4.78, 5) is 14.5. The molecule has 0 aliphatic carbocycles. The maximum absolute atomic E-state index is 12.4. The van der Waals surface area contributed by atoms with Gasteiger partial charge in [-0.3, -0.25) is 9.69 Å². The molecule has 3 nitrogen and oxygen atoms in total. The zero-order valence-corrected chi connectivity index (χ0v) is 13.2. The van der Waals surface area contributed by atoms with Crippen LogP contribution in [0.1, 0.15) is 11.3 Å². The lowest BCUT2D eigenvalue weighted by Gasteiger charge is -2.11. The van der Waals surface area contributed by atoms with Crippen molar-refractivity contribution in [1.29, 1.82) is 0 Å². The van der Waals surface area contributed by atoms with Crippen LogP contribution in [0.4, 0.5) is 0 Å². The van der Waals surface area contributed by atoms with E-state index in [1.165, 1.54) is 16.7 Å². The number of halogens is 1. The van der Waals surface area contributed by atoms with Crippen LogP contribution in [0.5, 0.6) is 0 Å². The Hall–Kier alpha value is -1.56. The summed E-state index contributed by atoms with van der Waals surface area (Å²) in [5.74, 6) is 0.576. The zero-order valence-electron chi connectivity index (χ0n) is 10.8. The summed E-state index contributed by atoms with van der Waals surface area (Å²) in [7, 11) is 0. The molecular weight excluding hydrogens is 326 g/mol. The van der Waals surface area contributed by atoms with E-state index in [0.29, 0.717) is 26.6 Å². The highest BCUT2D eigenvalue weighted by Gasteiger charge is 2.32. The van der Waals surface area contributed by atoms with E-state index < -0.39 is 0 Å². The van der Waals surface area contributed by atoms with Crippen molar-refractivity contribution in [3.63, 3.8) is 0 Å². The smallest absolute Gasteiger partial charge is 0.266 e. The Labute approximate surface area is 136 Å². The number of hydrogen-bond acceptors (Lipinski definition) is 4. The van der Waals surface area contributed by atoms with Crippen LogP contribution in [0, 0.1) is 0 Å². The zero-order chi connectivity index (χ0) is 14.8. The van der Waals surface area contributed by atoms with Gasteiger partial charge in [-0.15, -0.1) is 0 Å². The number of carbonyl (C=O) groups excluding carboxylic acids is 1. The minimum atomic E-state index is -0.124. The van der Waals surface area contributed by atoms with E-state index in [1.807, 2.05) is 24.3 Å². The summed E-state index contributed by atoms with van der Waals surface area (Å²) in [6.45, 7) is 0.345. The van der Waals surface area contributed by atoms with Gasteiger partial charge in [-0.1, -0.05) is 53.8 Å². The molecule has 1 aromatic heterocycles. The Morgan fingerprint density at radius 3 is 2.81 bits per heavy atom. The maximum atomic E-state index is 12.4. The highest BCUT2D eigenvalue weighted by atomic mass is 35.5. The molecule has 0 spiro atoms. The van der Waals surface area contributed by atoms with Gasteiger partial charge in [-0.25, -0.2) is 0 Å². The van der Waals surface area contributed by atoms with Crippen molar-refractivity contribution in [2.75, 3.05) is 0 Å². The highest BCUT2D eigenvalue weighted by molar-refractivity contribution is 8.26. The van der Waals surface area contributed by atoms with Crippen LogP contribution in [0.25, 0.3) is 6.08 Å². The molecule has 2 aromatic rings. The van der Waals surface area contributed by atoms with Gasteiger partial charge in [0.2, 0.25) is 0 Å². The fourth-order valence-corrected chi connectivity index (χ4v) is 3.36. The van der Waals surface area contributed by atoms with E-state index in [2.05, 4.69) is 0 Å². The van der Waals surface area contributed by atoms with E-state index in [4.69, 9.17) is 28.2 Å². The molecule has 1 saturated heterocycles. The molecule has 1 amide bonds. The molecule has 0 bridgehead atoms. The lowest BCUT2D eigenvalue weighted by Crippen LogP contribution is -2.27. The van der Waals surface area contributed by atoms with Gasteiger partial charge in [0.1, 0.15) is 10.1 Å². The van der Waals surface area contributed by atoms with Gasteiger partial charge in [0.25, 0.3) is 5.91 Å².